The first-order valence-electron chi connectivity index (χ1n) is 9.08. The predicted molar refractivity (Wildman–Crippen MR) is 98.6 cm³/mol. The quantitative estimate of drug-likeness (QED) is 0.779. The third-order valence-corrected chi connectivity index (χ3v) is 5.38. The second-order valence-corrected chi connectivity index (χ2v) is 7.44. The lowest BCUT2D eigenvalue weighted by atomic mass is 9.76. The fourth-order valence-electron chi connectivity index (χ4n) is 3.33. The molecule has 1 saturated heterocycles. The van der Waals surface area contributed by atoms with Gasteiger partial charge in [0.1, 0.15) is 0 Å². The first-order chi connectivity index (χ1) is 12.2. The Bertz CT molecular complexity index is 669. The number of likely N-dealkylation sites (tertiary alicyclic amines) is 1. The van der Waals surface area contributed by atoms with Crippen LogP contribution < -0.4 is 5.32 Å². The molecule has 0 radical (unpaired) electrons. The van der Waals surface area contributed by atoms with Crippen molar-refractivity contribution in [1.82, 2.24) is 10.2 Å². The first-order valence-corrected chi connectivity index (χ1v) is 9.08. The standard InChI is InChI=1S/C20H28N2O4/c1-14(2)20(19(25)26)10-11-22(13-20)18(24)12-21-17(23)9-8-16-6-4-15(3)5-7-16/h4-7,14H,8-13H2,1-3H3,(H,21,23)(H,25,26). The zero-order chi connectivity index (χ0) is 19.3. The maximum Gasteiger partial charge on any atom is 0.311 e. The van der Waals surface area contributed by atoms with Gasteiger partial charge >= 0.3 is 5.97 Å². The molecular formula is C20H28N2O4. The Morgan fingerprint density at radius 1 is 1.23 bits per heavy atom. The Hall–Kier alpha value is -2.37. The molecule has 1 aromatic carbocycles. The minimum Gasteiger partial charge on any atom is -0.481 e. The van der Waals surface area contributed by atoms with E-state index in [9.17, 15) is 19.5 Å². The third-order valence-electron chi connectivity index (χ3n) is 5.38. The van der Waals surface area contributed by atoms with E-state index in [0.717, 1.165) is 5.56 Å². The van der Waals surface area contributed by atoms with Gasteiger partial charge in [0.2, 0.25) is 11.8 Å². The molecule has 0 aromatic heterocycles. The predicted octanol–water partition coefficient (Wildman–Crippen LogP) is 2.00. The molecule has 0 bridgehead atoms. The highest BCUT2D eigenvalue weighted by molar-refractivity contribution is 5.86. The number of nitrogens with zero attached hydrogens (tertiary/aromatic N) is 1. The highest BCUT2D eigenvalue weighted by atomic mass is 16.4. The van der Waals surface area contributed by atoms with Crippen LogP contribution in [0.25, 0.3) is 0 Å². The topological polar surface area (TPSA) is 86.7 Å². The molecule has 2 N–H and O–H groups in total. The van der Waals surface area contributed by atoms with Crippen LogP contribution in [-0.2, 0) is 20.8 Å². The molecule has 2 rings (SSSR count). The van der Waals surface area contributed by atoms with Crippen LogP contribution in [0, 0.1) is 18.3 Å². The van der Waals surface area contributed by atoms with E-state index in [4.69, 9.17) is 0 Å². The van der Waals surface area contributed by atoms with Gasteiger partial charge in [0, 0.05) is 19.5 Å². The fourth-order valence-corrected chi connectivity index (χ4v) is 3.33. The van der Waals surface area contributed by atoms with Gasteiger partial charge in [-0.15, -0.1) is 0 Å². The van der Waals surface area contributed by atoms with Crippen LogP contribution in [0.1, 0.15) is 37.8 Å². The van der Waals surface area contributed by atoms with Gasteiger partial charge in [-0.05, 0) is 31.2 Å². The van der Waals surface area contributed by atoms with Gasteiger partial charge in [0.25, 0.3) is 0 Å². The van der Waals surface area contributed by atoms with Crippen molar-refractivity contribution < 1.29 is 19.5 Å². The van der Waals surface area contributed by atoms with Crippen LogP contribution in [0.3, 0.4) is 0 Å². The number of carboxylic acids is 1. The molecule has 142 valence electrons. The Morgan fingerprint density at radius 3 is 2.42 bits per heavy atom. The van der Waals surface area contributed by atoms with Gasteiger partial charge in [-0.1, -0.05) is 43.7 Å². The monoisotopic (exact) mass is 360 g/mol. The van der Waals surface area contributed by atoms with Gasteiger partial charge in [0.15, 0.2) is 0 Å². The number of hydrogen-bond acceptors (Lipinski definition) is 3. The number of benzene rings is 1. The Morgan fingerprint density at radius 2 is 1.88 bits per heavy atom. The minimum absolute atomic E-state index is 0.0538. The molecule has 0 spiro atoms. The number of carbonyl (C=O) groups is 3. The Labute approximate surface area is 154 Å². The number of aryl methyl sites for hydroxylation is 2. The lowest BCUT2D eigenvalue weighted by Gasteiger charge is -2.28. The highest BCUT2D eigenvalue weighted by Crippen LogP contribution is 2.38. The van der Waals surface area contributed by atoms with Crippen LogP contribution in [0.4, 0.5) is 0 Å². The van der Waals surface area contributed by atoms with Crippen LogP contribution in [-0.4, -0.2) is 47.4 Å². The summed E-state index contributed by atoms with van der Waals surface area (Å²) in [5, 5.41) is 12.2. The SMILES string of the molecule is Cc1ccc(CCC(=O)NCC(=O)N2CCC(C(=O)O)(C(C)C)C2)cc1. The normalized spacial score (nSPS) is 19.6. The number of rotatable bonds is 7. The van der Waals surface area contributed by atoms with Crippen LogP contribution in [0.5, 0.6) is 0 Å². The second kappa shape index (κ2) is 8.34. The van der Waals surface area contributed by atoms with Crippen LogP contribution >= 0.6 is 0 Å². The lowest BCUT2D eigenvalue weighted by molar-refractivity contribution is -0.151. The van der Waals surface area contributed by atoms with Gasteiger partial charge in [-0.25, -0.2) is 0 Å². The van der Waals surface area contributed by atoms with E-state index in [1.807, 2.05) is 45.0 Å². The van der Waals surface area contributed by atoms with Crippen molar-refractivity contribution in [3.63, 3.8) is 0 Å². The first kappa shape index (κ1) is 19.9. The summed E-state index contributed by atoms with van der Waals surface area (Å²) in [5.41, 5.74) is 1.37. The van der Waals surface area contributed by atoms with E-state index in [1.54, 1.807) is 4.90 Å². The second-order valence-electron chi connectivity index (χ2n) is 7.44. The lowest BCUT2D eigenvalue weighted by Crippen LogP contribution is -2.43. The number of amides is 2. The fraction of sp³-hybridized carbons (Fsp3) is 0.550. The molecule has 1 aromatic rings. The number of hydrogen-bond donors (Lipinski definition) is 2. The summed E-state index contributed by atoms with van der Waals surface area (Å²) in [6.45, 7) is 6.30. The van der Waals surface area contributed by atoms with Crippen molar-refractivity contribution in [3.8, 4) is 0 Å². The number of carbonyl (C=O) groups excluding carboxylic acids is 2. The van der Waals surface area contributed by atoms with E-state index in [2.05, 4.69) is 5.32 Å². The molecule has 1 unspecified atom stereocenters. The van der Waals surface area contributed by atoms with Crippen molar-refractivity contribution >= 4 is 17.8 Å². The average Bonchev–Trinajstić information content (AvgIpc) is 3.06. The van der Waals surface area contributed by atoms with Crippen LogP contribution in [0.15, 0.2) is 24.3 Å². The Balaban J connectivity index is 1.78. The van der Waals surface area contributed by atoms with Crippen molar-refractivity contribution in [2.45, 2.75) is 40.0 Å². The molecule has 6 nitrogen and oxygen atoms in total. The van der Waals surface area contributed by atoms with E-state index in [0.29, 0.717) is 25.8 Å². The molecule has 1 aliphatic heterocycles. The molecule has 26 heavy (non-hydrogen) atoms. The summed E-state index contributed by atoms with van der Waals surface area (Å²) in [6.07, 6.45) is 1.40. The number of carboxylic acid groups (broad SMARTS) is 1. The molecule has 1 fully saturated rings. The molecule has 1 heterocycles. The van der Waals surface area contributed by atoms with E-state index in [-0.39, 0.29) is 30.8 Å². The van der Waals surface area contributed by atoms with E-state index >= 15 is 0 Å². The molecule has 6 heteroatoms. The van der Waals surface area contributed by atoms with Gasteiger partial charge in [-0.2, -0.15) is 0 Å². The van der Waals surface area contributed by atoms with Crippen molar-refractivity contribution in [2.24, 2.45) is 11.3 Å². The molecule has 0 saturated carbocycles. The molecule has 1 aliphatic rings. The van der Waals surface area contributed by atoms with Gasteiger partial charge in [-0.3, -0.25) is 14.4 Å². The van der Waals surface area contributed by atoms with Gasteiger partial charge < -0.3 is 15.3 Å². The maximum absolute atomic E-state index is 12.3. The minimum atomic E-state index is -0.884. The third kappa shape index (κ3) is 4.62. The highest BCUT2D eigenvalue weighted by Gasteiger charge is 2.48. The van der Waals surface area contributed by atoms with Crippen molar-refractivity contribution in [1.29, 1.82) is 0 Å². The summed E-state index contributed by atoms with van der Waals surface area (Å²) in [4.78, 5) is 37.5. The average molecular weight is 360 g/mol. The number of aliphatic carboxylic acids is 1. The largest absolute Gasteiger partial charge is 0.481 e. The van der Waals surface area contributed by atoms with Crippen molar-refractivity contribution in [3.05, 3.63) is 35.4 Å². The smallest absolute Gasteiger partial charge is 0.311 e. The molecular weight excluding hydrogens is 332 g/mol. The molecule has 0 aliphatic carbocycles. The van der Waals surface area contributed by atoms with E-state index < -0.39 is 11.4 Å². The van der Waals surface area contributed by atoms with Crippen molar-refractivity contribution in [2.75, 3.05) is 19.6 Å². The van der Waals surface area contributed by atoms with E-state index in [1.165, 1.54) is 5.56 Å². The number of nitrogens with one attached hydrogen (secondary N) is 1. The summed E-state index contributed by atoms with van der Waals surface area (Å²) in [6, 6.07) is 8.01. The summed E-state index contributed by atoms with van der Waals surface area (Å²) < 4.78 is 0. The molecule has 1 atom stereocenters. The summed E-state index contributed by atoms with van der Waals surface area (Å²) in [7, 11) is 0. The van der Waals surface area contributed by atoms with Gasteiger partial charge in [0.05, 0.1) is 12.0 Å². The zero-order valence-corrected chi connectivity index (χ0v) is 15.7. The Kier molecular flexibility index (Phi) is 6.40. The summed E-state index contributed by atoms with van der Waals surface area (Å²) in [5.74, 6) is -1.31. The zero-order valence-electron chi connectivity index (χ0n) is 15.7. The maximum atomic E-state index is 12.3. The van der Waals surface area contributed by atoms with Crippen LogP contribution in [0.2, 0.25) is 0 Å². The summed E-state index contributed by atoms with van der Waals surface area (Å²) >= 11 is 0. The molecule has 2 amide bonds.